The van der Waals surface area contributed by atoms with Crippen LogP contribution in [-0.2, 0) is 22.4 Å². The topological polar surface area (TPSA) is 81.8 Å². The largest absolute Gasteiger partial charge is 0.493 e. The quantitative estimate of drug-likeness (QED) is 0.309. The molecule has 32 heavy (non-hydrogen) atoms. The molecule has 0 fully saturated rings. The fourth-order valence-electron chi connectivity index (χ4n) is 3.92. The van der Waals surface area contributed by atoms with Gasteiger partial charge in [-0.05, 0) is 62.6 Å². The average molecular weight is 460 g/mol. The van der Waals surface area contributed by atoms with E-state index in [-0.39, 0.29) is 0 Å². The molecule has 6 nitrogen and oxygen atoms in total. The van der Waals surface area contributed by atoms with Gasteiger partial charge in [0.25, 0.3) is 0 Å². The monoisotopic (exact) mass is 459 g/mol. The van der Waals surface area contributed by atoms with Gasteiger partial charge in [-0.15, -0.1) is 11.3 Å². The van der Waals surface area contributed by atoms with Crippen molar-refractivity contribution >= 4 is 27.4 Å². The van der Waals surface area contributed by atoms with E-state index in [0.29, 0.717) is 25.6 Å². The van der Waals surface area contributed by atoms with E-state index in [9.17, 15) is 9.90 Å². The number of oxazole rings is 1. The molecule has 3 aromatic rings. The molecule has 0 amide bonds. The van der Waals surface area contributed by atoms with Crippen molar-refractivity contribution in [3.63, 3.8) is 0 Å². The van der Waals surface area contributed by atoms with Gasteiger partial charge in [0, 0.05) is 29.0 Å². The van der Waals surface area contributed by atoms with Gasteiger partial charge >= 0.3 is 5.97 Å². The van der Waals surface area contributed by atoms with E-state index in [2.05, 4.69) is 13.8 Å². The van der Waals surface area contributed by atoms with Crippen LogP contribution >= 0.6 is 11.3 Å². The van der Waals surface area contributed by atoms with Crippen molar-refractivity contribution in [1.82, 2.24) is 4.98 Å². The zero-order chi connectivity index (χ0) is 23.1. The number of carboxylic acids is 1. The van der Waals surface area contributed by atoms with Gasteiger partial charge in [0.15, 0.2) is 12.0 Å². The van der Waals surface area contributed by atoms with Crippen LogP contribution in [-0.4, -0.2) is 35.4 Å². The first-order valence-electron chi connectivity index (χ1n) is 11.4. The summed E-state index contributed by atoms with van der Waals surface area (Å²) in [5.74, 6) is 2.02. The van der Waals surface area contributed by atoms with Crippen LogP contribution in [0.15, 0.2) is 28.0 Å². The van der Waals surface area contributed by atoms with Gasteiger partial charge in [0.1, 0.15) is 11.5 Å². The Morgan fingerprint density at radius 3 is 2.69 bits per heavy atom. The van der Waals surface area contributed by atoms with Crippen LogP contribution in [0.1, 0.15) is 68.9 Å². The van der Waals surface area contributed by atoms with Crippen LogP contribution in [0.5, 0.6) is 5.75 Å². The van der Waals surface area contributed by atoms with Crippen LogP contribution in [0, 0.1) is 6.92 Å². The van der Waals surface area contributed by atoms with E-state index in [0.717, 1.165) is 64.4 Å². The number of benzene rings is 1. The molecule has 0 radical (unpaired) electrons. The maximum absolute atomic E-state index is 11.5. The molecule has 3 rings (SSSR count). The third-order valence-electron chi connectivity index (χ3n) is 5.77. The lowest BCUT2D eigenvalue weighted by atomic mass is 10.0. The third kappa shape index (κ3) is 5.70. The predicted molar refractivity (Wildman–Crippen MR) is 127 cm³/mol. The smallest absolute Gasteiger partial charge is 0.333 e. The van der Waals surface area contributed by atoms with Crippen LogP contribution in [0.25, 0.3) is 10.1 Å². The van der Waals surface area contributed by atoms with Crippen LogP contribution in [0.3, 0.4) is 0 Å². The Kier molecular flexibility index (Phi) is 8.70. The van der Waals surface area contributed by atoms with Crippen LogP contribution in [0.4, 0.5) is 0 Å². The number of nitrogens with zero attached hydrogens (tertiary/aromatic N) is 1. The molecule has 0 saturated carbocycles. The molecule has 2 heterocycles. The Morgan fingerprint density at radius 2 is 2.00 bits per heavy atom. The summed E-state index contributed by atoms with van der Waals surface area (Å²) in [6, 6.07) is 5.91. The van der Waals surface area contributed by atoms with E-state index < -0.39 is 12.1 Å². The zero-order valence-electron chi connectivity index (χ0n) is 19.3. The molecule has 1 N–H and O–H groups in total. The Labute approximate surface area is 193 Å². The molecule has 0 aliphatic carbocycles. The van der Waals surface area contributed by atoms with Crippen molar-refractivity contribution in [2.45, 2.75) is 71.8 Å². The second kappa shape index (κ2) is 11.5. The van der Waals surface area contributed by atoms with Gasteiger partial charge in [-0.25, -0.2) is 9.78 Å². The molecule has 1 aromatic carbocycles. The zero-order valence-corrected chi connectivity index (χ0v) is 20.2. The number of hydrogen-bond acceptors (Lipinski definition) is 6. The minimum atomic E-state index is -0.938. The van der Waals surface area contributed by atoms with Gasteiger partial charge in [-0.3, -0.25) is 0 Å². The molecular weight excluding hydrogens is 426 g/mol. The number of thiophene rings is 1. The Hall–Kier alpha value is -2.38. The second-order valence-electron chi connectivity index (χ2n) is 7.89. The lowest BCUT2D eigenvalue weighted by molar-refractivity contribution is -0.149. The Bertz CT molecular complexity index is 1020. The predicted octanol–water partition coefficient (Wildman–Crippen LogP) is 6.15. The van der Waals surface area contributed by atoms with E-state index >= 15 is 0 Å². The molecule has 174 valence electrons. The number of aryl methyl sites for hydroxylation is 2. The molecule has 7 heteroatoms. The molecule has 0 spiro atoms. The maximum Gasteiger partial charge on any atom is 0.333 e. The Morgan fingerprint density at radius 1 is 1.22 bits per heavy atom. The number of fused-ring (bicyclic) bond motifs is 1. The Balaban J connectivity index is 1.62. The van der Waals surface area contributed by atoms with E-state index in [1.807, 2.05) is 30.5 Å². The van der Waals surface area contributed by atoms with Crippen molar-refractivity contribution in [3.8, 4) is 5.75 Å². The van der Waals surface area contributed by atoms with Crippen LogP contribution < -0.4 is 4.74 Å². The number of carboxylic acid groups (broad SMARTS) is 1. The van der Waals surface area contributed by atoms with Crippen molar-refractivity contribution in [2.24, 2.45) is 0 Å². The highest BCUT2D eigenvalue weighted by Crippen LogP contribution is 2.34. The van der Waals surface area contributed by atoms with Gasteiger partial charge in [-0.1, -0.05) is 19.9 Å². The highest BCUT2D eigenvalue weighted by Gasteiger charge is 2.21. The third-order valence-corrected chi connectivity index (χ3v) is 6.76. The molecule has 2 aromatic heterocycles. The molecule has 0 aliphatic rings. The van der Waals surface area contributed by atoms with Gasteiger partial charge < -0.3 is 19.0 Å². The minimum Gasteiger partial charge on any atom is -0.493 e. The summed E-state index contributed by atoms with van der Waals surface area (Å²) >= 11 is 1.60. The van der Waals surface area contributed by atoms with Crippen LogP contribution in [0.2, 0.25) is 0 Å². The number of carbonyl (C=O) groups is 1. The van der Waals surface area contributed by atoms with Crippen molar-refractivity contribution in [3.05, 3.63) is 46.5 Å². The van der Waals surface area contributed by atoms with E-state index in [1.54, 1.807) is 18.3 Å². The average Bonchev–Trinajstić information content (AvgIpc) is 3.40. The molecule has 0 bridgehead atoms. The van der Waals surface area contributed by atoms with Crippen molar-refractivity contribution in [2.75, 3.05) is 13.2 Å². The highest BCUT2D eigenvalue weighted by molar-refractivity contribution is 7.17. The summed E-state index contributed by atoms with van der Waals surface area (Å²) in [4.78, 5) is 16.2. The summed E-state index contributed by atoms with van der Waals surface area (Å²) in [5, 5.41) is 12.4. The lowest BCUT2D eigenvalue weighted by Gasteiger charge is -2.14. The minimum absolute atomic E-state index is 0.338. The van der Waals surface area contributed by atoms with E-state index in [4.69, 9.17) is 18.9 Å². The normalized spacial score (nSPS) is 12.5. The van der Waals surface area contributed by atoms with Gasteiger partial charge in [0.2, 0.25) is 0 Å². The maximum atomic E-state index is 11.5. The first-order chi connectivity index (χ1) is 15.5. The molecule has 1 atom stereocenters. The van der Waals surface area contributed by atoms with Crippen molar-refractivity contribution < 1.29 is 23.8 Å². The lowest BCUT2D eigenvalue weighted by Crippen LogP contribution is -2.26. The van der Waals surface area contributed by atoms with E-state index in [1.165, 1.54) is 0 Å². The molecule has 0 saturated heterocycles. The number of aromatic nitrogens is 1. The summed E-state index contributed by atoms with van der Waals surface area (Å²) in [7, 11) is 0. The summed E-state index contributed by atoms with van der Waals surface area (Å²) in [6.45, 7) is 9.06. The SMILES string of the molecule is CCOC(Cc1ccc(OCCCc2nc(C(CC)CC)oc2C)c2ccsc12)C(=O)O. The summed E-state index contributed by atoms with van der Waals surface area (Å²) in [5.41, 5.74) is 1.98. The fourth-order valence-corrected chi connectivity index (χ4v) is 4.85. The van der Waals surface area contributed by atoms with Gasteiger partial charge in [0.05, 0.1) is 12.3 Å². The number of aliphatic carboxylic acids is 1. The second-order valence-corrected chi connectivity index (χ2v) is 8.81. The number of rotatable bonds is 13. The number of ether oxygens (including phenoxy) is 2. The highest BCUT2D eigenvalue weighted by atomic mass is 32.1. The standard InChI is InChI=1S/C25H33NO5S/c1-5-17(6-2)24-26-20(16(4)31-24)9-8-13-30-21-11-10-18(23-19(21)12-14-32-23)15-22(25(27)28)29-7-3/h10-12,14,17,22H,5-9,13,15H2,1-4H3,(H,27,28). The molecular formula is C25H33NO5S. The van der Waals surface area contributed by atoms with Gasteiger partial charge in [-0.2, -0.15) is 0 Å². The fraction of sp³-hybridized carbons (Fsp3) is 0.520. The first kappa shape index (κ1) is 24.3. The molecule has 0 aliphatic heterocycles. The summed E-state index contributed by atoms with van der Waals surface area (Å²) in [6.07, 6.45) is 3.22. The van der Waals surface area contributed by atoms with Crippen molar-refractivity contribution in [1.29, 1.82) is 0 Å². The first-order valence-corrected chi connectivity index (χ1v) is 12.3. The molecule has 1 unspecified atom stereocenters. The number of hydrogen-bond donors (Lipinski definition) is 1. The summed E-state index contributed by atoms with van der Waals surface area (Å²) < 4.78 is 18.4.